The molecule has 6 nitrogen and oxygen atoms in total. The van der Waals surface area contributed by atoms with Gasteiger partial charge in [0, 0.05) is 55.8 Å². The summed E-state index contributed by atoms with van der Waals surface area (Å²) in [7, 11) is 0. The van der Waals surface area contributed by atoms with Crippen molar-refractivity contribution in [1.29, 1.82) is 5.26 Å². The largest absolute Gasteiger partial charge is 0.508 e. The fourth-order valence-electron chi connectivity index (χ4n) is 8.72. The molecule has 0 saturated carbocycles. The minimum Gasteiger partial charge on any atom is -0.508 e. The van der Waals surface area contributed by atoms with Crippen molar-refractivity contribution in [3.63, 3.8) is 0 Å². The summed E-state index contributed by atoms with van der Waals surface area (Å²) >= 11 is 0. The first-order valence-corrected chi connectivity index (χ1v) is 21.4. The summed E-state index contributed by atoms with van der Waals surface area (Å²) in [6.45, 7) is 20.8. The molecular weight excluding hydrogens is 978 g/mol. The number of pyridine rings is 2. The van der Waals surface area contributed by atoms with Gasteiger partial charge in [0.2, 0.25) is 0 Å². The van der Waals surface area contributed by atoms with Gasteiger partial charge in [0.15, 0.2) is 5.69 Å². The smallest absolute Gasteiger partial charge is 0.198 e. The van der Waals surface area contributed by atoms with Crippen LogP contribution in [-0.2, 0) is 31.9 Å². The number of nitrogens with zero attached hydrogens (tertiary/aromatic N) is 5. The van der Waals surface area contributed by atoms with Crippen molar-refractivity contribution in [3.8, 4) is 90.1 Å². The number of phenols is 1. The number of benzene rings is 6. The predicted molar refractivity (Wildman–Crippen MR) is 260 cm³/mol. The molecule has 0 aliphatic heterocycles. The fourth-order valence-corrected chi connectivity index (χ4v) is 8.72. The van der Waals surface area contributed by atoms with Crippen molar-refractivity contribution < 1.29 is 26.2 Å². The first-order valence-electron chi connectivity index (χ1n) is 21.4. The standard InChI is InChI=1S/C58H46N5O.Pt/c1-57(2,3)49-33-48(55(64)51(53(49)60-7)58(4,5)6)52-54(46-27-18-17-26-44(46)38-22-13-9-14-23-38)63-29-19-28-45(56(63)62-52)41-30-40(37-20-11-8-12-21-37)31-42(32-41)50-34-47(43(35-59)36-61-50)39-24-15-10-16-25-39;/h8-31,33-34,36,64H,1-6H3;/q-1;. The van der Waals surface area contributed by atoms with E-state index in [9.17, 15) is 10.4 Å². The maximum absolute atomic E-state index is 12.6. The van der Waals surface area contributed by atoms with Gasteiger partial charge in [0.25, 0.3) is 0 Å². The Labute approximate surface area is 395 Å². The Bertz CT molecular complexity index is 3310. The molecule has 0 saturated heterocycles. The Morgan fingerprint density at radius 2 is 1.20 bits per heavy atom. The van der Waals surface area contributed by atoms with Crippen molar-refractivity contribution >= 4 is 11.3 Å². The molecule has 0 amide bonds. The number of hydrogen-bond donors (Lipinski definition) is 1. The zero-order valence-corrected chi connectivity index (χ0v) is 39.4. The molecule has 7 heteroatoms. The molecule has 0 bridgehead atoms. The van der Waals surface area contributed by atoms with E-state index in [4.69, 9.17) is 16.5 Å². The number of aromatic hydroxyl groups is 1. The quantitative estimate of drug-likeness (QED) is 0.161. The van der Waals surface area contributed by atoms with Gasteiger partial charge in [-0.1, -0.05) is 192 Å². The molecule has 0 unspecified atom stereocenters. The van der Waals surface area contributed by atoms with E-state index >= 15 is 0 Å². The second kappa shape index (κ2) is 17.7. The van der Waals surface area contributed by atoms with Crippen LogP contribution >= 0.6 is 0 Å². The van der Waals surface area contributed by atoms with Gasteiger partial charge in [-0.25, -0.2) is 9.83 Å². The third-order valence-corrected chi connectivity index (χ3v) is 11.8. The Morgan fingerprint density at radius 1 is 0.631 bits per heavy atom. The third kappa shape index (κ3) is 8.31. The normalized spacial score (nSPS) is 11.4. The monoisotopic (exact) mass is 1020 g/mol. The van der Waals surface area contributed by atoms with Gasteiger partial charge in [0.05, 0.1) is 17.8 Å². The first kappa shape index (κ1) is 44.2. The van der Waals surface area contributed by atoms with Crippen molar-refractivity contribution in [1.82, 2.24) is 14.4 Å². The zero-order valence-electron chi connectivity index (χ0n) is 37.1. The number of hydrogen-bond acceptors (Lipinski definition) is 4. The molecule has 3 aromatic heterocycles. The van der Waals surface area contributed by atoms with Crippen LogP contribution in [0.5, 0.6) is 5.75 Å². The second-order valence-electron chi connectivity index (χ2n) is 18.1. The van der Waals surface area contributed by atoms with Gasteiger partial charge in [-0.05, 0) is 49.8 Å². The zero-order chi connectivity index (χ0) is 44.8. The summed E-state index contributed by atoms with van der Waals surface area (Å²) in [6.07, 6.45) is 3.67. The number of nitriles is 1. The van der Waals surface area contributed by atoms with Gasteiger partial charge in [-0.2, -0.15) is 5.26 Å². The third-order valence-electron chi connectivity index (χ3n) is 11.8. The average molecular weight is 1020 g/mol. The summed E-state index contributed by atoms with van der Waals surface area (Å²) in [5.74, 6) is 0.0518. The van der Waals surface area contributed by atoms with Crippen LogP contribution in [0.15, 0.2) is 164 Å². The van der Waals surface area contributed by atoms with E-state index in [2.05, 4.69) is 96.7 Å². The van der Waals surface area contributed by atoms with Gasteiger partial charge >= 0.3 is 0 Å². The Hall–Kier alpha value is -7.37. The number of fused-ring (bicyclic) bond motifs is 1. The minimum absolute atomic E-state index is 0. The Morgan fingerprint density at radius 3 is 1.80 bits per heavy atom. The molecule has 0 aliphatic rings. The van der Waals surface area contributed by atoms with Crippen LogP contribution in [0.3, 0.4) is 0 Å². The molecule has 1 N–H and O–H groups in total. The van der Waals surface area contributed by atoms with Crippen LogP contribution in [-0.4, -0.2) is 19.5 Å². The first-order chi connectivity index (χ1) is 30.9. The van der Waals surface area contributed by atoms with Gasteiger partial charge < -0.3 is 9.51 Å². The van der Waals surface area contributed by atoms with E-state index in [1.165, 1.54) is 0 Å². The number of aromatic nitrogens is 3. The molecule has 9 rings (SSSR count). The van der Waals surface area contributed by atoms with Gasteiger partial charge in [0.1, 0.15) is 23.2 Å². The summed E-state index contributed by atoms with van der Waals surface area (Å²) in [4.78, 5) is 14.5. The van der Waals surface area contributed by atoms with E-state index < -0.39 is 10.8 Å². The van der Waals surface area contributed by atoms with E-state index in [-0.39, 0.29) is 26.8 Å². The van der Waals surface area contributed by atoms with Crippen LogP contribution in [0, 0.1) is 24.0 Å². The Kier molecular flexibility index (Phi) is 12.0. The molecule has 0 radical (unpaired) electrons. The van der Waals surface area contributed by atoms with Crippen LogP contribution in [0.4, 0.5) is 5.69 Å². The summed E-state index contributed by atoms with van der Waals surface area (Å²) in [6, 6.07) is 57.1. The molecule has 9 aromatic rings. The molecule has 65 heavy (non-hydrogen) atoms. The second-order valence-corrected chi connectivity index (χ2v) is 18.1. The van der Waals surface area contributed by atoms with Gasteiger partial charge in [-0.15, -0.1) is 23.8 Å². The molecular formula is C58H46N5OPt-. The van der Waals surface area contributed by atoms with Crippen molar-refractivity contribution in [2.75, 3.05) is 0 Å². The van der Waals surface area contributed by atoms with Crippen molar-refractivity contribution in [2.45, 2.75) is 52.4 Å². The maximum Gasteiger partial charge on any atom is 0.198 e. The molecule has 0 spiro atoms. The van der Waals surface area contributed by atoms with E-state index in [1.807, 2.05) is 124 Å². The van der Waals surface area contributed by atoms with Gasteiger partial charge in [-0.3, -0.25) is 4.98 Å². The minimum atomic E-state index is -0.560. The molecule has 0 fully saturated rings. The van der Waals surface area contributed by atoms with E-state index in [0.29, 0.717) is 39.4 Å². The maximum atomic E-state index is 12.6. The summed E-state index contributed by atoms with van der Waals surface area (Å²) in [5, 5.41) is 22.7. The topological polar surface area (TPSA) is 78.6 Å². The number of rotatable bonds is 7. The number of phenolic OH excluding ortho intramolecular Hbond substituents is 1. The molecule has 320 valence electrons. The summed E-state index contributed by atoms with van der Waals surface area (Å²) in [5.41, 5.74) is 13.9. The van der Waals surface area contributed by atoms with E-state index in [0.717, 1.165) is 66.9 Å². The fraction of sp³-hybridized carbons (Fsp3) is 0.138. The molecule has 6 aromatic carbocycles. The van der Waals surface area contributed by atoms with Crippen LogP contribution in [0.25, 0.3) is 88.8 Å². The summed E-state index contributed by atoms with van der Waals surface area (Å²) < 4.78 is 2.12. The van der Waals surface area contributed by atoms with E-state index in [1.54, 1.807) is 6.20 Å². The molecule has 0 atom stereocenters. The van der Waals surface area contributed by atoms with Crippen LogP contribution < -0.4 is 0 Å². The molecule has 0 aliphatic carbocycles. The van der Waals surface area contributed by atoms with Crippen molar-refractivity contribution in [3.05, 3.63) is 198 Å². The van der Waals surface area contributed by atoms with Crippen LogP contribution in [0.1, 0.15) is 58.2 Å². The van der Waals surface area contributed by atoms with Crippen LogP contribution in [0.2, 0.25) is 0 Å². The van der Waals surface area contributed by atoms with Crippen molar-refractivity contribution in [2.24, 2.45) is 0 Å². The molecule has 3 heterocycles. The average Bonchev–Trinajstić information content (AvgIpc) is 3.70. The predicted octanol–water partition coefficient (Wildman–Crippen LogP) is 14.9. The Balaban J connectivity index is 0.00000576. The SMILES string of the molecule is [C-]#[N+]c1c(C(C)(C)C)cc(-c2nc3c(-c4[c-]c(-c5cc(-c6ccccc6)c(C#N)cn5)cc(-c5ccccc5)c4)cccn3c2-c2ccccc2-c2ccccc2)c(O)c1C(C)(C)C.[Pt]. The number of imidazole rings is 1.